The van der Waals surface area contributed by atoms with Gasteiger partial charge in [-0.3, -0.25) is 0 Å². The maximum atomic E-state index is 10.7. The third-order valence-corrected chi connectivity index (χ3v) is 4.69. The van der Waals surface area contributed by atoms with E-state index in [1.165, 1.54) is 16.1 Å². The minimum Gasteiger partial charge on any atom is -0.741 e. The predicted molar refractivity (Wildman–Crippen MR) is 81.3 cm³/mol. The summed E-state index contributed by atoms with van der Waals surface area (Å²) >= 11 is 1.72. The molecule has 1 N–H and O–H groups in total. The van der Waals surface area contributed by atoms with Crippen molar-refractivity contribution >= 4 is 21.5 Å². The Labute approximate surface area is 141 Å². The number of halogens is 3. The van der Waals surface area contributed by atoms with Crippen LogP contribution in [-0.4, -0.2) is 30.2 Å². The van der Waals surface area contributed by atoms with Gasteiger partial charge in [0.25, 0.3) is 0 Å². The molecule has 134 valence electrons. The van der Waals surface area contributed by atoms with E-state index in [9.17, 15) is 13.2 Å². The number of aromatic nitrogens is 1. The molecule has 0 saturated heterocycles. The first-order chi connectivity index (χ1) is 11.1. The summed E-state index contributed by atoms with van der Waals surface area (Å²) in [6, 6.07) is 10.4. The van der Waals surface area contributed by atoms with E-state index in [1.807, 2.05) is 6.07 Å². The van der Waals surface area contributed by atoms with E-state index in [0.29, 0.717) is 0 Å². The zero-order chi connectivity index (χ0) is 18.4. The average molecular weight is 383 g/mol. The number of hydrogen-bond acceptors (Lipinski definition) is 5. The lowest BCUT2D eigenvalue weighted by Crippen LogP contribution is -2.35. The van der Waals surface area contributed by atoms with E-state index >= 15 is 0 Å². The lowest BCUT2D eigenvalue weighted by atomic mass is 10.2. The lowest BCUT2D eigenvalue weighted by Gasteiger charge is -2.08. The second kappa shape index (κ2) is 8.56. The standard InChI is InChI=1S/C13H16NOS.CHF3O3S/c1-11-13(7-8-15)16-10-14(11)9-12-5-3-2-4-6-12;2-1(3,4)8(5,6)7/h2-6,10,15H,7-9H2,1H3;(H,5,6,7)/q+1;/p-1. The molecule has 2 rings (SSSR count). The van der Waals surface area contributed by atoms with Gasteiger partial charge in [0.05, 0.1) is 4.88 Å². The smallest absolute Gasteiger partial charge is 0.485 e. The molecule has 0 aliphatic rings. The minimum atomic E-state index is -6.09. The second-order valence-corrected chi connectivity index (χ2v) is 7.03. The van der Waals surface area contributed by atoms with Gasteiger partial charge < -0.3 is 9.66 Å². The van der Waals surface area contributed by atoms with E-state index < -0.39 is 15.6 Å². The molecule has 0 atom stereocenters. The van der Waals surface area contributed by atoms with Crippen molar-refractivity contribution in [1.29, 1.82) is 0 Å². The highest BCUT2D eigenvalue weighted by molar-refractivity contribution is 7.86. The van der Waals surface area contributed by atoms with Crippen LogP contribution in [0.3, 0.4) is 0 Å². The Kier molecular flexibility index (Phi) is 7.33. The SMILES string of the molecule is Cc1c(CCO)sc[n+]1Cc1ccccc1.O=S(=O)([O-])C(F)(F)F. The Bertz CT molecular complexity index is 743. The Morgan fingerprint density at radius 3 is 2.25 bits per heavy atom. The molecule has 0 fully saturated rings. The quantitative estimate of drug-likeness (QED) is 0.497. The fraction of sp³-hybridized carbons (Fsp3) is 0.357. The number of aliphatic hydroxyl groups excluding tert-OH is 1. The molecule has 2 aromatic rings. The van der Waals surface area contributed by atoms with Gasteiger partial charge in [0, 0.05) is 25.5 Å². The zero-order valence-corrected chi connectivity index (χ0v) is 14.3. The van der Waals surface area contributed by atoms with Gasteiger partial charge in [-0.1, -0.05) is 41.7 Å². The molecule has 0 aliphatic heterocycles. The summed E-state index contributed by atoms with van der Waals surface area (Å²) < 4.78 is 61.1. The number of rotatable bonds is 4. The number of hydrogen-bond donors (Lipinski definition) is 1. The molecule has 1 aromatic carbocycles. The van der Waals surface area contributed by atoms with Crippen LogP contribution in [0.1, 0.15) is 16.1 Å². The average Bonchev–Trinajstić information content (AvgIpc) is 2.81. The summed E-state index contributed by atoms with van der Waals surface area (Å²) in [5, 5.41) is 8.94. The van der Waals surface area contributed by atoms with E-state index in [2.05, 4.69) is 41.3 Å². The largest absolute Gasteiger partial charge is 0.741 e. The Balaban J connectivity index is 0.000000307. The van der Waals surface area contributed by atoms with Gasteiger partial charge in [-0.25, -0.2) is 8.42 Å². The molecule has 0 unspecified atom stereocenters. The zero-order valence-electron chi connectivity index (χ0n) is 12.7. The number of nitrogens with zero attached hydrogens (tertiary/aromatic N) is 1. The molecular weight excluding hydrogens is 367 g/mol. The van der Waals surface area contributed by atoms with Gasteiger partial charge in [0.1, 0.15) is 0 Å². The van der Waals surface area contributed by atoms with Crippen LogP contribution >= 0.6 is 11.3 Å². The fourth-order valence-corrected chi connectivity index (χ4v) is 2.71. The predicted octanol–water partition coefficient (Wildman–Crippen LogP) is 1.98. The monoisotopic (exact) mass is 383 g/mol. The number of alkyl halides is 3. The number of benzene rings is 1. The van der Waals surface area contributed by atoms with Crippen molar-refractivity contribution in [1.82, 2.24) is 0 Å². The first-order valence-corrected chi connectivity index (χ1v) is 8.98. The van der Waals surface area contributed by atoms with E-state index in [1.54, 1.807) is 11.3 Å². The third-order valence-electron chi connectivity index (χ3n) is 2.97. The summed E-state index contributed by atoms with van der Waals surface area (Å²) in [4.78, 5) is 1.28. The lowest BCUT2D eigenvalue weighted by molar-refractivity contribution is -0.689. The molecule has 0 spiro atoms. The van der Waals surface area contributed by atoms with E-state index in [-0.39, 0.29) is 6.61 Å². The Morgan fingerprint density at radius 2 is 1.79 bits per heavy atom. The highest BCUT2D eigenvalue weighted by Crippen LogP contribution is 2.20. The summed E-state index contributed by atoms with van der Waals surface area (Å²) in [5.74, 6) is 0. The molecular formula is C14H16F3NO4S2. The van der Waals surface area contributed by atoms with Crippen molar-refractivity contribution in [3.63, 3.8) is 0 Å². The van der Waals surface area contributed by atoms with Crippen molar-refractivity contribution in [2.24, 2.45) is 0 Å². The van der Waals surface area contributed by atoms with Crippen molar-refractivity contribution in [3.05, 3.63) is 52.0 Å². The van der Waals surface area contributed by atoms with E-state index in [0.717, 1.165) is 13.0 Å². The van der Waals surface area contributed by atoms with Gasteiger partial charge in [-0.2, -0.15) is 17.7 Å². The molecule has 0 bridgehead atoms. The molecule has 1 aromatic heterocycles. The first-order valence-electron chi connectivity index (χ1n) is 6.69. The normalized spacial score (nSPS) is 11.8. The maximum absolute atomic E-state index is 10.7. The molecule has 1 heterocycles. The molecule has 24 heavy (non-hydrogen) atoms. The molecule has 0 radical (unpaired) electrons. The minimum absolute atomic E-state index is 0.229. The third kappa shape index (κ3) is 6.19. The summed E-state index contributed by atoms with van der Waals surface area (Å²) in [6.07, 6.45) is 0.762. The Morgan fingerprint density at radius 1 is 1.25 bits per heavy atom. The van der Waals surface area contributed by atoms with Crippen LogP contribution in [0.15, 0.2) is 35.8 Å². The van der Waals surface area contributed by atoms with Gasteiger partial charge in [-0.05, 0) is 0 Å². The van der Waals surface area contributed by atoms with Crippen LogP contribution in [0.5, 0.6) is 0 Å². The van der Waals surface area contributed by atoms with Crippen LogP contribution < -0.4 is 4.57 Å². The van der Waals surface area contributed by atoms with Gasteiger partial charge >= 0.3 is 5.51 Å². The van der Waals surface area contributed by atoms with Crippen LogP contribution in [0.2, 0.25) is 0 Å². The van der Waals surface area contributed by atoms with Crippen LogP contribution in [-0.2, 0) is 23.1 Å². The number of thiazole rings is 1. The van der Waals surface area contributed by atoms with Crippen LogP contribution in [0.25, 0.3) is 0 Å². The summed E-state index contributed by atoms with van der Waals surface area (Å²) in [7, 11) is -6.09. The van der Waals surface area contributed by atoms with Crippen molar-refractivity contribution in [3.8, 4) is 0 Å². The van der Waals surface area contributed by atoms with E-state index in [4.69, 9.17) is 18.1 Å². The fourth-order valence-electron chi connectivity index (χ4n) is 1.73. The Hall–Kier alpha value is -1.49. The van der Waals surface area contributed by atoms with Crippen LogP contribution in [0.4, 0.5) is 13.2 Å². The molecule has 5 nitrogen and oxygen atoms in total. The highest BCUT2D eigenvalue weighted by atomic mass is 32.2. The van der Waals surface area contributed by atoms with Crippen molar-refractivity contribution in [2.75, 3.05) is 6.61 Å². The van der Waals surface area contributed by atoms with Crippen LogP contribution in [0, 0.1) is 6.92 Å². The molecule has 0 amide bonds. The maximum Gasteiger partial charge on any atom is 0.485 e. The second-order valence-electron chi connectivity index (χ2n) is 4.72. The summed E-state index contributed by atoms with van der Waals surface area (Å²) in [6.45, 7) is 3.26. The van der Waals surface area contributed by atoms with Gasteiger partial charge in [0.15, 0.2) is 22.4 Å². The van der Waals surface area contributed by atoms with Gasteiger partial charge in [-0.15, -0.1) is 0 Å². The molecule has 0 aliphatic carbocycles. The van der Waals surface area contributed by atoms with Crippen molar-refractivity contribution < 1.29 is 35.8 Å². The topological polar surface area (TPSA) is 81.3 Å². The van der Waals surface area contributed by atoms with Crippen molar-refractivity contribution in [2.45, 2.75) is 25.4 Å². The number of aliphatic hydroxyl groups is 1. The first kappa shape index (κ1) is 20.6. The molecule has 10 heteroatoms. The van der Waals surface area contributed by atoms with Gasteiger partial charge in [0.2, 0.25) is 5.51 Å². The molecule has 0 saturated carbocycles. The highest BCUT2D eigenvalue weighted by Gasteiger charge is 2.36. The summed E-state index contributed by atoms with van der Waals surface area (Å²) in [5.41, 5.74) is -0.938.